The fraction of sp³-hybridized carbons (Fsp3) is 0.250. The van der Waals surface area contributed by atoms with Crippen LogP contribution in [0.25, 0.3) is 0 Å². The van der Waals surface area contributed by atoms with E-state index >= 15 is 0 Å². The predicted octanol–water partition coefficient (Wildman–Crippen LogP) is 2.71. The predicted molar refractivity (Wildman–Crippen MR) is 88.8 cm³/mol. The highest BCUT2D eigenvalue weighted by molar-refractivity contribution is 5.78. The van der Waals surface area contributed by atoms with E-state index in [9.17, 15) is 8.78 Å². The Bertz CT molecular complexity index is 808. The number of rotatable bonds is 7. The van der Waals surface area contributed by atoms with Gasteiger partial charge in [-0.3, -0.25) is 0 Å². The van der Waals surface area contributed by atoms with E-state index in [0.29, 0.717) is 18.9 Å². The summed E-state index contributed by atoms with van der Waals surface area (Å²) >= 11 is 0. The maximum atomic E-state index is 13.8. The Morgan fingerprint density at radius 3 is 2.44 bits per heavy atom. The molecule has 0 saturated heterocycles. The van der Waals surface area contributed by atoms with Crippen molar-refractivity contribution < 1.29 is 8.78 Å². The van der Waals surface area contributed by atoms with Crippen molar-refractivity contribution in [3.8, 4) is 12.1 Å². The van der Waals surface area contributed by atoms with E-state index in [1.807, 2.05) is 12.1 Å². The third-order valence-corrected chi connectivity index (χ3v) is 3.33. The monoisotopic (exact) mass is 343 g/mol. The van der Waals surface area contributed by atoms with Gasteiger partial charge in [0.25, 0.3) is 0 Å². The van der Waals surface area contributed by atoms with Gasteiger partial charge in [-0.1, -0.05) is 0 Å². The third-order valence-electron chi connectivity index (χ3n) is 3.33. The first-order chi connectivity index (χ1) is 12.1. The van der Waals surface area contributed by atoms with Gasteiger partial charge in [0.1, 0.15) is 23.6 Å². The number of nitrogens with zero attached hydrogens (tertiary/aromatic N) is 5. The van der Waals surface area contributed by atoms with Crippen LogP contribution in [0.15, 0.2) is 24.5 Å². The number of hydrogen-bond donors (Lipinski definition) is 2. The number of nitrogen functional groups attached to an aromatic ring is 1. The summed E-state index contributed by atoms with van der Waals surface area (Å²) in [5.74, 6) is -0.846. The minimum Gasteiger partial charge on any atom is -0.393 e. The van der Waals surface area contributed by atoms with Crippen LogP contribution in [0, 0.1) is 34.3 Å². The molecule has 0 spiro atoms. The van der Waals surface area contributed by atoms with Crippen molar-refractivity contribution in [2.24, 2.45) is 0 Å². The molecule has 128 valence electrons. The zero-order valence-electron chi connectivity index (χ0n) is 13.2. The van der Waals surface area contributed by atoms with E-state index in [0.717, 1.165) is 18.2 Å². The Hall–Kier alpha value is -3.46. The highest BCUT2D eigenvalue weighted by Crippen LogP contribution is 2.29. The van der Waals surface area contributed by atoms with E-state index in [4.69, 9.17) is 16.3 Å². The highest BCUT2D eigenvalue weighted by atomic mass is 19.1. The SMILES string of the molecule is N#CCCN(CCC#N)c1ncnc(Nc2cc(F)ccc2F)c1N. The maximum absolute atomic E-state index is 13.8. The topological polar surface area (TPSA) is 115 Å². The minimum atomic E-state index is -0.660. The number of aromatic nitrogens is 2. The van der Waals surface area contributed by atoms with Crippen LogP contribution < -0.4 is 16.0 Å². The van der Waals surface area contributed by atoms with Gasteiger partial charge in [-0.15, -0.1) is 0 Å². The number of halogens is 2. The lowest BCUT2D eigenvalue weighted by molar-refractivity contribution is 0.603. The van der Waals surface area contributed by atoms with Gasteiger partial charge in [0.15, 0.2) is 11.6 Å². The van der Waals surface area contributed by atoms with Crippen LogP contribution >= 0.6 is 0 Å². The van der Waals surface area contributed by atoms with Crippen molar-refractivity contribution in [3.63, 3.8) is 0 Å². The lowest BCUT2D eigenvalue weighted by atomic mass is 10.2. The summed E-state index contributed by atoms with van der Waals surface area (Å²) < 4.78 is 27.1. The van der Waals surface area contributed by atoms with Crippen molar-refractivity contribution in [1.82, 2.24) is 9.97 Å². The molecule has 25 heavy (non-hydrogen) atoms. The molecule has 2 rings (SSSR count). The van der Waals surface area contributed by atoms with Gasteiger partial charge >= 0.3 is 0 Å². The van der Waals surface area contributed by atoms with Crippen LogP contribution in [-0.4, -0.2) is 23.1 Å². The van der Waals surface area contributed by atoms with Crippen molar-refractivity contribution in [1.29, 1.82) is 10.5 Å². The van der Waals surface area contributed by atoms with Gasteiger partial charge in [-0.05, 0) is 12.1 Å². The summed E-state index contributed by atoms with van der Waals surface area (Å²) in [6, 6.07) is 7.01. The van der Waals surface area contributed by atoms with Crippen LogP contribution in [0.2, 0.25) is 0 Å². The quantitative estimate of drug-likeness (QED) is 0.794. The molecule has 2 aromatic rings. The van der Waals surface area contributed by atoms with Crippen molar-refractivity contribution in [2.75, 3.05) is 29.0 Å². The standard InChI is InChI=1S/C16H15F2N7/c17-11-3-4-12(18)13(9-11)24-15-14(21)16(23-10-22-15)25(7-1-5-19)8-2-6-20/h3-4,9-10H,1-2,7-8,21H2,(H,22,23,24). The Balaban J connectivity index is 2.32. The molecule has 0 bridgehead atoms. The zero-order valence-corrected chi connectivity index (χ0v) is 13.2. The van der Waals surface area contributed by atoms with Gasteiger partial charge in [0.2, 0.25) is 0 Å². The van der Waals surface area contributed by atoms with Crippen molar-refractivity contribution >= 4 is 23.0 Å². The zero-order chi connectivity index (χ0) is 18.2. The highest BCUT2D eigenvalue weighted by Gasteiger charge is 2.16. The average molecular weight is 343 g/mol. The van der Waals surface area contributed by atoms with Crippen LogP contribution in [0.1, 0.15) is 12.8 Å². The molecule has 3 N–H and O–H groups in total. The molecule has 0 aliphatic heterocycles. The number of anilines is 4. The molecule has 0 amide bonds. The molecule has 0 aliphatic carbocycles. The van der Waals surface area contributed by atoms with Gasteiger partial charge < -0.3 is 16.0 Å². The van der Waals surface area contributed by atoms with Crippen LogP contribution in [0.5, 0.6) is 0 Å². The molecular formula is C16H15F2N7. The van der Waals surface area contributed by atoms with Crippen molar-refractivity contribution in [3.05, 3.63) is 36.2 Å². The molecule has 7 nitrogen and oxygen atoms in total. The lowest BCUT2D eigenvalue weighted by Gasteiger charge is -2.23. The van der Waals surface area contributed by atoms with Gasteiger partial charge in [0.05, 0.1) is 30.7 Å². The van der Waals surface area contributed by atoms with Gasteiger partial charge in [-0.25, -0.2) is 18.7 Å². The second kappa shape index (κ2) is 8.41. The summed E-state index contributed by atoms with van der Waals surface area (Å²) in [5, 5.41) is 20.2. The van der Waals surface area contributed by atoms with E-state index in [1.165, 1.54) is 6.33 Å². The fourth-order valence-corrected chi connectivity index (χ4v) is 2.15. The van der Waals surface area contributed by atoms with Gasteiger partial charge in [-0.2, -0.15) is 10.5 Å². The summed E-state index contributed by atoms with van der Waals surface area (Å²) in [6.45, 7) is 0.653. The maximum Gasteiger partial charge on any atom is 0.159 e. The molecule has 1 aromatic carbocycles. The second-order valence-corrected chi connectivity index (χ2v) is 5.01. The van der Waals surface area contributed by atoms with Crippen LogP contribution in [0.3, 0.4) is 0 Å². The molecule has 0 saturated carbocycles. The molecule has 1 heterocycles. The summed E-state index contributed by atoms with van der Waals surface area (Å²) in [7, 11) is 0. The largest absolute Gasteiger partial charge is 0.393 e. The van der Waals surface area contributed by atoms with Crippen LogP contribution in [0.4, 0.5) is 31.8 Å². The first-order valence-electron chi connectivity index (χ1n) is 7.38. The lowest BCUT2D eigenvalue weighted by Crippen LogP contribution is -2.27. The molecule has 0 atom stereocenters. The Labute approximate surface area is 143 Å². The molecular weight excluding hydrogens is 328 g/mol. The fourth-order valence-electron chi connectivity index (χ4n) is 2.15. The van der Waals surface area contributed by atoms with Crippen LogP contribution in [-0.2, 0) is 0 Å². The van der Waals surface area contributed by atoms with Gasteiger partial charge in [0, 0.05) is 19.2 Å². The molecule has 0 aliphatic rings. The van der Waals surface area contributed by atoms with E-state index in [-0.39, 0.29) is 30.0 Å². The van der Waals surface area contributed by atoms with E-state index in [2.05, 4.69) is 15.3 Å². The Kier molecular flexibility index (Phi) is 6.02. The first kappa shape index (κ1) is 17.9. The number of hydrogen-bond acceptors (Lipinski definition) is 7. The molecule has 0 unspecified atom stereocenters. The van der Waals surface area contributed by atoms with E-state index < -0.39 is 11.6 Å². The minimum absolute atomic E-state index is 0.105. The normalized spacial score (nSPS) is 9.92. The number of nitrogens with two attached hydrogens (primary N) is 1. The number of nitriles is 2. The number of benzene rings is 1. The summed E-state index contributed by atoms with van der Waals surface area (Å²) in [5.41, 5.74) is 6.05. The molecule has 1 aromatic heterocycles. The van der Waals surface area contributed by atoms with Crippen molar-refractivity contribution in [2.45, 2.75) is 12.8 Å². The summed E-state index contributed by atoms with van der Waals surface area (Å²) in [4.78, 5) is 9.72. The molecule has 9 heteroatoms. The Morgan fingerprint density at radius 1 is 1.12 bits per heavy atom. The molecule has 0 fully saturated rings. The molecule has 0 radical (unpaired) electrons. The van der Waals surface area contributed by atoms with E-state index in [1.54, 1.807) is 4.90 Å². The Morgan fingerprint density at radius 2 is 1.80 bits per heavy atom. The second-order valence-electron chi connectivity index (χ2n) is 5.01. The first-order valence-corrected chi connectivity index (χ1v) is 7.38. The summed E-state index contributed by atoms with van der Waals surface area (Å²) in [6.07, 6.45) is 1.66. The number of nitrogens with one attached hydrogen (secondary N) is 1. The third kappa shape index (κ3) is 4.52. The average Bonchev–Trinajstić information content (AvgIpc) is 2.60. The smallest absolute Gasteiger partial charge is 0.159 e.